The van der Waals surface area contributed by atoms with Crippen LogP contribution in [-0.4, -0.2) is 44.3 Å². The largest absolute Gasteiger partial charge is 0.344 e. The Balaban J connectivity index is 1.58. The molecule has 3 N–H and O–H groups in total. The Morgan fingerprint density at radius 2 is 1.87 bits per heavy atom. The highest BCUT2D eigenvalue weighted by atomic mass is 32.2. The van der Waals surface area contributed by atoms with E-state index in [9.17, 15) is 14.4 Å². The van der Waals surface area contributed by atoms with E-state index in [1.807, 2.05) is 0 Å². The van der Waals surface area contributed by atoms with Crippen LogP contribution < -0.4 is 16.1 Å². The second-order valence-electron chi connectivity index (χ2n) is 7.24. The summed E-state index contributed by atoms with van der Waals surface area (Å²) >= 11 is 2.54. The first-order chi connectivity index (χ1) is 14.8. The molecule has 0 radical (unpaired) electrons. The summed E-state index contributed by atoms with van der Waals surface area (Å²) in [6.07, 6.45) is 2.23. The van der Waals surface area contributed by atoms with Gasteiger partial charge < -0.3 is 10.6 Å². The van der Waals surface area contributed by atoms with Crippen molar-refractivity contribution in [2.24, 2.45) is 0 Å². The Labute approximate surface area is 189 Å². The van der Waals surface area contributed by atoms with Gasteiger partial charge in [0.1, 0.15) is 5.54 Å². The zero-order valence-electron chi connectivity index (χ0n) is 17.9. The van der Waals surface area contributed by atoms with Crippen LogP contribution >= 0.6 is 23.1 Å². The van der Waals surface area contributed by atoms with Gasteiger partial charge in [-0.3, -0.25) is 15.0 Å². The molecule has 1 aliphatic heterocycles. The Morgan fingerprint density at radius 1 is 1.19 bits per heavy atom. The van der Waals surface area contributed by atoms with Crippen LogP contribution in [0.4, 0.5) is 15.6 Å². The number of anilines is 2. The number of amides is 4. The summed E-state index contributed by atoms with van der Waals surface area (Å²) in [5, 5.41) is 15.6. The highest BCUT2D eigenvalue weighted by Gasteiger charge is 2.47. The number of rotatable bonds is 9. The third kappa shape index (κ3) is 4.99. The first-order valence-electron chi connectivity index (χ1n) is 10.1. The number of nitrogens with zero attached hydrogens (tertiary/aromatic N) is 3. The number of aryl methyl sites for hydroxylation is 2. The summed E-state index contributed by atoms with van der Waals surface area (Å²) in [6.45, 7) is 7.64. The standard InChI is InChI=1S/C20H26N6O3S2/c1-5-12-9-8-10-13(6-2)15(12)21-17-23-24-19(31-17)30-11-14(27)25-26-16(28)20(4,7-3)22-18(26)29/h8-10H,5-7,11H2,1-4H3,(H,21,23)(H,22,29)(H,25,27). The van der Waals surface area contributed by atoms with Crippen LogP contribution in [0, 0.1) is 0 Å². The molecule has 2 heterocycles. The molecule has 1 atom stereocenters. The molecule has 1 aromatic carbocycles. The summed E-state index contributed by atoms with van der Waals surface area (Å²) in [5.74, 6) is -0.939. The molecule has 1 aromatic heterocycles. The van der Waals surface area contributed by atoms with Gasteiger partial charge in [-0.1, -0.05) is 62.1 Å². The van der Waals surface area contributed by atoms with Gasteiger partial charge in [0.2, 0.25) is 11.0 Å². The van der Waals surface area contributed by atoms with Gasteiger partial charge in [0.05, 0.1) is 5.75 Å². The number of aromatic nitrogens is 2. The topological polar surface area (TPSA) is 116 Å². The zero-order chi connectivity index (χ0) is 22.6. The Morgan fingerprint density at radius 3 is 2.45 bits per heavy atom. The lowest BCUT2D eigenvalue weighted by Gasteiger charge is -2.19. The fourth-order valence-electron chi connectivity index (χ4n) is 3.14. The van der Waals surface area contributed by atoms with E-state index in [0.717, 1.165) is 23.5 Å². The molecule has 166 valence electrons. The van der Waals surface area contributed by atoms with Crippen molar-refractivity contribution in [3.63, 3.8) is 0 Å². The molecular weight excluding hydrogens is 436 g/mol. The molecule has 11 heteroatoms. The van der Waals surface area contributed by atoms with Gasteiger partial charge in [-0.05, 0) is 37.3 Å². The molecule has 0 spiro atoms. The molecule has 1 aliphatic rings. The number of para-hydroxylation sites is 1. The zero-order valence-corrected chi connectivity index (χ0v) is 19.6. The molecule has 2 aromatic rings. The van der Waals surface area contributed by atoms with Crippen molar-refractivity contribution in [1.29, 1.82) is 0 Å². The lowest BCUT2D eigenvalue weighted by molar-refractivity contribution is -0.137. The number of imide groups is 1. The number of urea groups is 1. The molecule has 1 unspecified atom stereocenters. The Bertz CT molecular complexity index is 973. The van der Waals surface area contributed by atoms with Crippen LogP contribution in [0.25, 0.3) is 0 Å². The first kappa shape index (κ1) is 23.0. The van der Waals surface area contributed by atoms with E-state index in [0.29, 0.717) is 15.9 Å². The van der Waals surface area contributed by atoms with Gasteiger partial charge in [-0.15, -0.1) is 10.2 Å². The number of carbonyl (C=O) groups is 3. The van der Waals surface area contributed by atoms with E-state index in [2.05, 4.69) is 58.3 Å². The second kappa shape index (κ2) is 9.65. The molecule has 4 amide bonds. The van der Waals surface area contributed by atoms with Gasteiger partial charge in [0.25, 0.3) is 5.91 Å². The Hall–Kier alpha value is -2.66. The molecule has 0 saturated carbocycles. The summed E-state index contributed by atoms with van der Waals surface area (Å²) in [7, 11) is 0. The van der Waals surface area contributed by atoms with E-state index in [4.69, 9.17) is 0 Å². The van der Waals surface area contributed by atoms with Crippen molar-refractivity contribution in [2.45, 2.75) is 56.8 Å². The van der Waals surface area contributed by atoms with Crippen molar-refractivity contribution in [2.75, 3.05) is 11.1 Å². The molecule has 31 heavy (non-hydrogen) atoms. The average Bonchev–Trinajstić information content (AvgIpc) is 3.30. The third-order valence-electron chi connectivity index (χ3n) is 5.17. The highest BCUT2D eigenvalue weighted by molar-refractivity contribution is 8.01. The first-order valence-corrected chi connectivity index (χ1v) is 11.9. The average molecular weight is 463 g/mol. The van der Waals surface area contributed by atoms with Crippen LogP contribution in [0.3, 0.4) is 0 Å². The molecule has 0 bridgehead atoms. The summed E-state index contributed by atoms with van der Waals surface area (Å²) < 4.78 is 0.611. The fourth-order valence-corrected chi connectivity index (χ4v) is 4.69. The van der Waals surface area contributed by atoms with E-state index in [1.54, 1.807) is 13.8 Å². The summed E-state index contributed by atoms with van der Waals surface area (Å²) in [6, 6.07) is 5.59. The van der Waals surface area contributed by atoms with Gasteiger partial charge in [-0.2, -0.15) is 5.01 Å². The molecule has 0 aliphatic carbocycles. The van der Waals surface area contributed by atoms with E-state index in [1.165, 1.54) is 34.2 Å². The maximum Gasteiger partial charge on any atom is 0.344 e. The quantitative estimate of drug-likeness (QED) is 0.387. The molecule has 1 fully saturated rings. The number of hydrazine groups is 1. The highest BCUT2D eigenvalue weighted by Crippen LogP contribution is 2.31. The Kier molecular flexibility index (Phi) is 7.16. The number of carbonyl (C=O) groups excluding carboxylic acids is 3. The van der Waals surface area contributed by atoms with Crippen LogP contribution in [0.15, 0.2) is 22.5 Å². The van der Waals surface area contributed by atoms with Gasteiger partial charge >= 0.3 is 6.03 Å². The number of nitrogens with one attached hydrogen (secondary N) is 3. The van der Waals surface area contributed by atoms with Gasteiger partial charge in [-0.25, -0.2) is 4.79 Å². The van der Waals surface area contributed by atoms with Crippen molar-refractivity contribution >= 4 is 51.8 Å². The van der Waals surface area contributed by atoms with Crippen LogP contribution in [0.5, 0.6) is 0 Å². The fraction of sp³-hybridized carbons (Fsp3) is 0.450. The van der Waals surface area contributed by atoms with Crippen LogP contribution in [0.2, 0.25) is 0 Å². The number of hydrogen-bond donors (Lipinski definition) is 3. The summed E-state index contributed by atoms with van der Waals surface area (Å²) in [5.41, 5.74) is 4.83. The lowest BCUT2D eigenvalue weighted by atomic mass is 10.00. The molecular formula is C20H26N6O3S2. The predicted molar refractivity (Wildman–Crippen MR) is 121 cm³/mol. The number of hydrogen-bond acceptors (Lipinski definition) is 8. The minimum Gasteiger partial charge on any atom is -0.330 e. The maximum absolute atomic E-state index is 12.4. The van der Waals surface area contributed by atoms with Gasteiger partial charge in [0, 0.05) is 5.69 Å². The second-order valence-corrected chi connectivity index (χ2v) is 9.44. The molecule has 9 nitrogen and oxygen atoms in total. The van der Waals surface area contributed by atoms with Crippen molar-refractivity contribution in [1.82, 2.24) is 25.9 Å². The van der Waals surface area contributed by atoms with Crippen molar-refractivity contribution < 1.29 is 14.4 Å². The monoisotopic (exact) mass is 462 g/mol. The van der Waals surface area contributed by atoms with Crippen molar-refractivity contribution in [3.05, 3.63) is 29.3 Å². The minimum absolute atomic E-state index is 0.000287. The molecule has 3 rings (SSSR count). The number of thioether (sulfide) groups is 1. The van der Waals surface area contributed by atoms with Gasteiger partial charge in [0.15, 0.2) is 4.34 Å². The van der Waals surface area contributed by atoms with Crippen LogP contribution in [0.1, 0.15) is 45.2 Å². The van der Waals surface area contributed by atoms with E-state index in [-0.39, 0.29) is 5.75 Å². The summed E-state index contributed by atoms with van der Waals surface area (Å²) in [4.78, 5) is 36.6. The van der Waals surface area contributed by atoms with Crippen molar-refractivity contribution in [3.8, 4) is 0 Å². The van der Waals surface area contributed by atoms with Crippen LogP contribution in [-0.2, 0) is 22.4 Å². The minimum atomic E-state index is -0.997. The third-order valence-corrected chi connectivity index (χ3v) is 7.14. The normalized spacial score (nSPS) is 18.3. The number of benzene rings is 1. The SMILES string of the molecule is CCc1cccc(CC)c1Nc1nnc(SCC(=O)NN2C(=O)NC(C)(CC)C2=O)s1. The predicted octanol–water partition coefficient (Wildman–Crippen LogP) is 3.25. The maximum atomic E-state index is 12.4. The van der Waals surface area contributed by atoms with E-state index < -0.39 is 23.4 Å². The molecule has 1 saturated heterocycles. The smallest absolute Gasteiger partial charge is 0.330 e. The van der Waals surface area contributed by atoms with E-state index >= 15 is 0 Å². The lowest BCUT2D eigenvalue weighted by Crippen LogP contribution is -2.49.